The summed E-state index contributed by atoms with van der Waals surface area (Å²) in [5.74, 6) is -0.743. The molecule has 1 rings (SSSR count). The molecule has 0 amide bonds. The van der Waals surface area contributed by atoms with Crippen molar-refractivity contribution in [2.75, 3.05) is 0 Å². The Bertz CT molecular complexity index is 245. The zero-order valence-corrected chi connectivity index (χ0v) is 6.53. The summed E-state index contributed by atoms with van der Waals surface area (Å²) in [4.78, 5) is 0. The van der Waals surface area contributed by atoms with Gasteiger partial charge in [0.25, 0.3) is 0 Å². The third-order valence-corrected chi connectivity index (χ3v) is 1.86. The quantitative estimate of drug-likeness (QED) is 0.463. The van der Waals surface area contributed by atoms with Crippen LogP contribution in [0.4, 0.5) is 4.39 Å². The van der Waals surface area contributed by atoms with E-state index in [9.17, 15) is 4.39 Å². The summed E-state index contributed by atoms with van der Waals surface area (Å²) in [6.45, 7) is 0. The molecule has 4 heteroatoms. The minimum atomic E-state index is -0.394. The molecule has 1 aliphatic rings. The van der Waals surface area contributed by atoms with Crippen molar-refractivity contribution in [1.29, 1.82) is 5.41 Å². The second-order valence-electron chi connectivity index (χ2n) is 2.38. The molecule has 1 aliphatic carbocycles. The Labute approximate surface area is 69.0 Å². The highest BCUT2D eigenvalue weighted by Gasteiger charge is 2.17. The van der Waals surface area contributed by atoms with Crippen molar-refractivity contribution in [3.05, 3.63) is 23.0 Å². The van der Waals surface area contributed by atoms with Gasteiger partial charge in [0, 0.05) is 12.3 Å². The van der Waals surface area contributed by atoms with E-state index in [1.54, 1.807) is 6.08 Å². The van der Waals surface area contributed by atoms with E-state index in [1.165, 1.54) is 6.08 Å². The Balaban J connectivity index is 2.74. The van der Waals surface area contributed by atoms with Gasteiger partial charge in [0.1, 0.15) is 5.83 Å². The van der Waals surface area contributed by atoms with Crippen molar-refractivity contribution in [3.8, 4) is 0 Å². The number of rotatable bonds is 1. The van der Waals surface area contributed by atoms with Crippen molar-refractivity contribution < 1.29 is 4.39 Å². The number of hydrogen-bond acceptors (Lipinski definition) is 1. The van der Waals surface area contributed by atoms with E-state index in [0.717, 1.165) is 0 Å². The zero-order valence-electron chi connectivity index (χ0n) is 5.77. The summed E-state index contributed by atoms with van der Waals surface area (Å²) in [6.07, 6.45) is 3.19. The molecule has 0 heterocycles. The highest BCUT2D eigenvalue weighted by atomic mass is 35.5. The van der Waals surface area contributed by atoms with Crippen molar-refractivity contribution in [3.63, 3.8) is 0 Å². The molecule has 0 spiro atoms. The average molecular weight is 175 g/mol. The standard InChI is InChI=1S/C7H8ClFN2/c8-5-2-1-4(7(10)11)3-6(5)9/h1-2,4H,3H2,(H3,10,11). The largest absolute Gasteiger partial charge is 0.387 e. The molecule has 3 N–H and O–H groups in total. The fourth-order valence-electron chi connectivity index (χ4n) is 0.863. The molecule has 2 nitrogen and oxygen atoms in total. The molecule has 0 radical (unpaired) electrons. The number of allylic oxidation sites excluding steroid dienone is 3. The monoisotopic (exact) mass is 174 g/mol. The molecule has 0 bridgehead atoms. The molecule has 1 unspecified atom stereocenters. The molecular formula is C7H8ClFN2. The number of hydrogen-bond donors (Lipinski definition) is 2. The van der Waals surface area contributed by atoms with E-state index >= 15 is 0 Å². The van der Waals surface area contributed by atoms with E-state index in [-0.39, 0.29) is 23.2 Å². The Hall–Kier alpha value is -0.830. The van der Waals surface area contributed by atoms with Crippen molar-refractivity contribution in [2.45, 2.75) is 6.42 Å². The van der Waals surface area contributed by atoms with Gasteiger partial charge in [-0.3, -0.25) is 5.41 Å². The normalized spacial score (nSPS) is 24.0. The molecule has 1 atom stereocenters. The predicted octanol–water partition coefficient (Wildman–Crippen LogP) is 1.92. The maximum atomic E-state index is 12.7. The van der Waals surface area contributed by atoms with Crippen molar-refractivity contribution in [1.82, 2.24) is 0 Å². The highest BCUT2D eigenvalue weighted by molar-refractivity contribution is 6.31. The lowest BCUT2D eigenvalue weighted by atomic mass is 9.99. The molecule has 0 aliphatic heterocycles. The van der Waals surface area contributed by atoms with E-state index < -0.39 is 5.83 Å². The third kappa shape index (κ3) is 1.80. The molecule has 0 fully saturated rings. The zero-order chi connectivity index (χ0) is 8.43. The molecular weight excluding hydrogens is 167 g/mol. The van der Waals surface area contributed by atoms with Crippen LogP contribution < -0.4 is 5.73 Å². The van der Waals surface area contributed by atoms with Crippen LogP contribution in [0.1, 0.15) is 6.42 Å². The molecule has 11 heavy (non-hydrogen) atoms. The van der Waals surface area contributed by atoms with Gasteiger partial charge in [-0.1, -0.05) is 17.7 Å². The third-order valence-electron chi connectivity index (χ3n) is 1.53. The van der Waals surface area contributed by atoms with Gasteiger partial charge in [-0.15, -0.1) is 0 Å². The van der Waals surface area contributed by atoms with Gasteiger partial charge in [0.05, 0.1) is 10.9 Å². The van der Waals surface area contributed by atoms with E-state index in [4.69, 9.17) is 22.7 Å². The average Bonchev–Trinajstić information content (AvgIpc) is 1.94. The molecule has 0 aromatic heterocycles. The highest BCUT2D eigenvalue weighted by Crippen LogP contribution is 2.26. The van der Waals surface area contributed by atoms with Crippen LogP contribution in [-0.2, 0) is 0 Å². The van der Waals surface area contributed by atoms with Gasteiger partial charge in [-0.2, -0.15) is 0 Å². The first-order chi connectivity index (χ1) is 5.11. The van der Waals surface area contributed by atoms with Crippen molar-refractivity contribution in [2.24, 2.45) is 11.7 Å². The summed E-state index contributed by atoms with van der Waals surface area (Å²) in [5.41, 5.74) is 5.17. The Kier molecular flexibility index (Phi) is 2.29. The van der Waals surface area contributed by atoms with Crippen LogP contribution in [0.3, 0.4) is 0 Å². The van der Waals surface area contributed by atoms with Crippen LogP contribution >= 0.6 is 11.6 Å². The second kappa shape index (κ2) is 3.05. The maximum Gasteiger partial charge on any atom is 0.119 e. The summed E-state index contributed by atoms with van der Waals surface area (Å²) >= 11 is 5.44. The summed E-state index contributed by atoms with van der Waals surface area (Å²) in [6, 6.07) is 0. The van der Waals surface area contributed by atoms with E-state index in [0.29, 0.717) is 0 Å². The Morgan fingerprint density at radius 2 is 2.45 bits per heavy atom. The molecule has 0 saturated carbocycles. The SMILES string of the molecule is N=C(N)C1C=CC(Cl)=C(F)C1. The van der Waals surface area contributed by atoms with Crippen LogP contribution in [0.15, 0.2) is 23.0 Å². The maximum absolute atomic E-state index is 12.7. The number of amidine groups is 1. The van der Waals surface area contributed by atoms with Crippen LogP contribution in [0, 0.1) is 11.3 Å². The van der Waals surface area contributed by atoms with Crippen molar-refractivity contribution >= 4 is 17.4 Å². The van der Waals surface area contributed by atoms with Gasteiger partial charge in [-0.05, 0) is 6.08 Å². The topological polar surface area (TPSA) is 49.9 Å². The predicted molar refractivity (Wildman–Crippen MR) is 43.1 cm³/mol. The van der Waals surface area contributed by atoms with Crippen LogP contribution in [0.2, 0.25) is 0 Å². The summed E-state index contributed by atoms with van der Waals surface area (Å²) < 4.78 is 12.7. The van der Waals surface area contributed by atoms with E-state index in [1.807, 2.05) is 0 Å². The van der Waals surface area contributed by atoms with Crippen LogP contribution in [-0.4, -0.2) is 5.84 Å². The fourth-order valence-corrected chi connectivity index (χ4v) is 1.01. The lowest BCUT2D eigenvalue weighted by Crippen LogP contribution is -2.22. The lowest BCUT2D eigenvalue weighted by Gasteiger charge is -2.13. The van der Waals surface area contributed by atoms with E-state index in [2.05, 4.69) is 0 Å². The van der Waals surface area contributed by atoms with Crippen LogP contribution in [0.25, 0.3) is 0 Å². The van der Waals surface area contributed by atoms with Gasteiger partial charge in [0.2, 0.25) is 0 Å². The van der Waals surface area contributed by atoms with Gasteiger partial charge in [-0.25, -0.2) is 4.39 Å². The molecule has 0 saturated heterocycles. The first-order valence-electron chi connectivity index (χ1n) is 3.17. The minimum Gasteiger partial charge on any atom is -0.387 e. The van der Waals surface area contributed by atoms with Gasteiger partial charge in [0.15, 0.2) is 0 Å². The number of nitrogens with one attached hydrogen (secondary N) is 1. The second-order valence-corrected chi connectivity index (χ2v) is 2.79. The Morgan fingerprint density at radius 1 is 1.82 bits per heavy atom. The van der Waals surface area contributed by atoms with Gasteiger partial charge >= 0.3 is 0 Å². The Morgan fingerprint density at radius 3 is 2.91 bits per heavy atom. The smallest absolute Gasteiger partial charge is 0.119 e. The molecule has 0 aromatic carbocycles. The minimum absolute atomic E-state index is 0.0273. The fraction of sp³-hybridized carbons (Fsp3) is 0.286. The first-order valence-corrected chi connectivity index (χ1v) is 3.55. The molecule has 60 valence electrons. The van der Waals surface area contributed by atoms with Gasteiger partial charge < -0.3 is 5.73 Å². The molecule has 0 aromatic rings. The van der Waals surface area contributed by atoms with Crippen LogP contribution in [0.5, 0.6) is 0 Å². The summed E-state index contributed by atoms with van der Waals surface area (Å²) in [5, 5.41) is 7.15. The number of halogens is 2. The summed E-state index contributed by atoms with van der Waals surface area (Å²) in [7, 11) is 0. The lowest BCUT2D eigenvalue weighted by molar-refractivity contribution is 0.559. The first kappa shape index (κ1) is 8.27. The number of nitrogens with two attached hydrogens (primary N) is 1.